The maximum atomic E-state index is 10.8. The molecule has 1 aromatic rings. The van der Waals surface area contributed by atoms with E-state index in [4.69, 9.17) is 4.84 Å². The highest BCUT2D eigenvalue weighted by atomic mass is 16.7. The average molecular weight is 194 g/mol. The smallest absolute Gasteiger partial charge is 0.238 e. The number of hydrogen-bond donors (Lipinski definition) is 0. The Morgan fingerprint density at radius 3 is 2.36 bits per heavy atom. The number of hydroxylamine groups is 1. The quantitative estimate of drug-likeness (QED) is 0.544. The third kappa shape index (κ3) is 3.14. The van der Waals surface area contributed by atoms with Gasteiger partial charge < -0.3 is 0 Å². The number of nitrogens with zero attached hydrogens (tertiary/aromatic N) is 2. The summed E-state index contributed by atoms with van der Waals surface area (Å²) >= 11 is 0. The third-order valence-corrected chi connectivity index (χ3v) is 1.39. The predicted octanol–water partition coefficient (Wildman–Crippen LogP) is 1.77. The van der Waals surface area contributed by atoms with E-state index in [2.05, 4.69) is 4.98 Å². The first kappa shape index (κ1) is 10.7. The molecule has 0 atom stereocenters. The molecule has 1 heterocycles. The van der Waals surface area contributed by atoms with Gasteiger partial charge >= 0.3 is 0 Å². The van der Waals surface area contributed by atoms with E-state index in [1.54, 1.807) is 24.5 Å². The summed E-state index contributed by atoms with van der Waals surface area (Å²) in [6.45, 7) is 5.64. The van der Waals surface area contributed by atoms with Crippen molar-refractivity contribution >= 4 is 12.1 Å². The van der Waals surface area contributed by atoms with Crippen molar-refractivity contribution in [2.24, 2.45) is 0 Å². The summed E-state index contributed by atoms with van der Waals surface area (Å²) in [5, 5.41) is 1.20. The number of anilines is 1. The minimum atomic E-state index is -0.399. The van der Waals surface area contributed by atoms with E-state index in [1.165, 1.54) is 5.06 Å². The molecule has 76 valence electrons. The Bertz CT molecular complexity index is 293. The zero-order valence-electron chi connectivity index (χ0n) is 8.60. The van der Waals surface area contributed by atoms with Crippen LogP contribution in [0.15, 0.2) is 24.5 Å². The van der Waals surface area contributed by atoms with Gasteiger partial charge in [0.1, 0.15) is 0 Å². The van der Waals surface area contributed by atoms with Crippen LogP contribution in [0.2, 0.25) is 0 Å². The topological polar surface area (TPSA) is 42.4 Å². The summed E-state index contributed by atoms with van der Waals surface area (Å²) in [4.78, 5) is 20.0. The van der Waals surface area contributed by atoms with Crippen molar-refractivity contribution in [3.05, 3.63) is 24.5 Å². The number of amides is 1. The van der Waals surface area contributed by atoms with E-state index >= 15 is 0 Å². The molecule has 0 spiro atoms. The summed E-state index contributed by atoms with van der Waals surface area (Å²) in [5.41, 5.74) is 0.273. The number of pyridine rings is 1. The zero-order valence-corrected chi connectivity index (χ0v) is 8.60. The first-order valence-electron chi connectivity index (χ1n) is 4.36. The molecule has 14 heavy (non-hydrogen) atoms. The molecule has 0 unspecified atom stereocenters. The van der Waals surface area contributed by atoms with E-state index in [0.717, 1.165) is 0 Å². The minimum absolute atomic E-state index is 0.399. The van der Waals surface area contributed by atoms with Crippen LogP contribution in [0.25, 0.3) is 0 Å². The van der Waals surface area contributed by atoms with Crippen LogP contribution >= 0.6 is 0 Å². The van der Waals surface area contributed by atoms with Crippen LogP contribution in [-0.2, 0) is 9.63 Å². The summed E-state index contributed by atoms with van der Waals surface area (Å²) in [5.74, 6) is 0. The highest BCUT2D eigenvalue weighted by Gasteiger charge is 2.16. The van der Waals surface area contributed by atoms with Gasteiger partial charge in [-0.3, -0.25) is 14.6 Å². The number of aromatic nitrogens is 1. The second-order valence-electron chi connectivity index (χ2n) is 3.84. The van der Waals surface area contributed by atoms with Gasteiger partial charge in [0.05, 0.1) is 11.3 Å². The van der Waals surface area contributed by atoms with E-state index in [9.17, 15) is 4.79 Å². The summed E-state index contributed by atoms with van der Waals surface area (Å²) < 4.78 is 0. The standard InChI is InChI=1S/C10H14N2O2/c1-10(2,3)14-12(8-13)9-4-6-11-7-5-9/h4-8H,1-3H3. The SMILES string of the molecule is CC(C)(C)ON(C=O)c1ccncc1. The van der Waals surface area contributed by atoms with Gasteiger partial charge in [-0.2, -0.15) is 5.06 Å². The zero-order chi connectivity index (χ0) is 10.6. The second-order valence-corrected chi connectivity index (χ2v) is 3.84. The van der Waals surface area contributed by atoms with Crippen LogP contribution in [0, 0.1) is 0 Å². The van der Waals surface area contributed by atoms with Gasteiger partial charge in [-0.05, 0) is 32.9 Å². The van der Waals surface area contributed by atoms with Gasteiger partial charge in [0.25, 0.3) is 0 Å². The number of rotatable bonds is 3. The maximum absolute atomic E-state index is 10.8. The lowest BCUT2D eigenvalue weighted by Gasteiger charge is -2.26. The Balaban J connectivity index is 2.78. The molecular formula is C10H14N2O2. The molecule has 0 fully saturated rings. The fraction of sp³-hybridized carbons (Fsp3) is 0.400. The van der Waals surface area contributed by atoms with Crippen molar-refractivity contribution in [1.82, 2.24) is 4.98 Å². The molecule has 4 heteroatoms. The van der Waals surface area contributed by atoms with Crippen LogP contribution < -0.4 is 5.06 Å². The van der Waals surface area contributed by atoms with Gasteiger partial charge in [0, 0.05) is 12.4 Å². The Hall–Kier alpha value is -1.42. The molecule has 0 aliphatic carbocycles. The fourth-order valence-electron chi connectivity index (χ4n) is 0.921. The Labute approximate surface area is 83.5 Å². The highest BCUT2D eigenvalue weighted by molar-refractivity contribution is 5.71. The van der Waals surface area contributed by atoms with Crippen molar-refractivity contribution in [2.45, 2.75) is 26.4 Å². The number of hydrogen-bond acceptors (Lipinski definition) is 3. The Morgan fingerprint density at radius 2 is 1.93 bits per heavy atom. The molecule has 1 rings (SSSR count). The molecule has 1 aromatic heterocycles. The molecule has 0 N–H and O–H groups in total. The maximum Gasteiger partial charge on any atom is 0.238 e. The Morgan fingerprint density at radius 1 is 1.36 bits per heavy atom. The molecule has 0 radical (unpaired) electrons. The van der Waals surface area contributed by atoms with Crippen molar-refractivity contribution in [2.75, 3.05) is 5.06 Å². The molecule has 0 aliphatic rings. The first-order chi connectivity index (χ1) is 6.53. The molecule has 4 nitrogen and oxygen atoms in total. The van der Waals surface area contributed by atoms with Crippen molar-refractivity contribution in [3.8, 4) is 0 Å². The highest BCUT2D eigenvalue weighted by Crippen LogP contribution is 2.16. The van der Waals surface area contributed by atoms with Gasteiger partial charge in [0.2, 0.25) is 6.41 Å². The van der Waals surface area contributed by atoms with Crippen LogP contribution in [0.4, 0.5) is 5.69 Å². The summed E-state index contributed by atoms with van der Waals surface area (Å²) in [6, 6.07) is 3.42. The van der Waals surface area contributed by atoms with E-state index in [0.29, 0.717) is 12.1 Å². The lowest BCUT2D eigenvalue weighted by atomic mass is 10.2. The van der Waals surface area contributed by atoms with Crippen molar-refractivity contribution in [3.63, 3.8) is 0 Å². The van der Waals surface area contributed by atoms with Gasteiger partial charge in [-0.15, -0.1) is 0 Å². The minimum Gasteiger partial charge on any atom is -0.276 e. The molecule has 1 amide bonds. The molecule has 0 aliphatic heterocycles. The Kier molecular flexibility index (Phi) is 3.19. The molecule has 0 bridgehead atoms. The van der Waals surface area contributed by atoms with Crippen molar-refractivity contribution < 1.29 is 9.63 Å². The van der Waals surface area contributed by atoms with Crippen LogP contribution in [0.5, 0.6) is 0 Å². The first-order valence-corrected chi connectivity index (χ1v) is 4.36. The van der Waals surface area contributed by atoms with Gasteiger partial charge in [0.15, 0.2) is 0 Å². The second kappa shape index (κ2) is 4.19. The largest absolute Gasteiger partial charge is 0.276 e. The molecule has 0 saturated carbocycles. The predicted molar refractivity (Wildman–Crippen MR) is 53.6 cm³/mol. The molecule has 0 aromatic carbocycles. The summed E-state index contributed by atoms with van der Waals surface area (Å²) in [6.07, 6.45) is 3.86. The van der Waals surface area contributed by atoms with E-state index < -0.39 is 5.60 Å². The van der Waals surface area contributed by atoms with Gasteiger partial charge in [-0.25, -0.2) is 0 Å². The normalized spacial score (nSPS) is 11.1. The van der Waals surface area contributed by atoms with Crippen molar-refractivity contribution in [1.29, 1.82) is 0 Å². The average Bonchev–Trinajstić information content (AvgIpc) is 2.14. The van der Waals surface area contributed by atoms with Crippen LogP contribution in [-0.4, -0.2) is 17.0 Å². The molecule has 0 saturated heterocycles. The van der Waals surface area contributed by atoms with Crippen LogP contribution in [0.3, 0.4) is 0 Å². The molecular weight excluding hydrogens is 180 g/mol. The monoisotopic (exact) mass is 194 g/mol. The lowest BCUT2D eigenvalue weighted by Crippen LogP contribution is -2.32. The fourth-order valence-corrected chi connectivity index (χ4v) is 0.921. The van der Waals surface area contributed by atoms with Gasteiger partial charge in [-0.1, -0.05) is 0 Å². The third-order valence-electron chi connectivity index (χ3n) is 1.39. The summed E-state index contributed by atoms with van der Waals surface area (Å²) in [7, 11) is 0. The number of carbonyl (C=O) groups excluding carboxylic acids is 1. The van der Waals surface area contributed by atoms with E-state index in [-0.39, 0.29) is 0 Å². The number of carbonyl (C=O) groups is 1. The van der Waals surface area contributed by atoms with E-state index in [1.807, 2.05) is 20.8 Å². The van der Waals surface area contributed by atoms with Crippen LogP contribution in [0.1, 0.15) is 20.8 Å². The lowest BCUT2D eigenvalue weighted by molar-refractivity contribution is -0.120.